The van der Waals surface area contributed by atoms with Crippen molar-refractivity contribution >= 4 is 16.0 Å². The number of alkyl halides is 3. The lowest BCUT2D eigenvalue weighted by Gasteiger charge is -2.12. The lowest BCUT2D eigenvalue weighted by Crippen LogP contribution is -2.37. The number of rotatable bonds is 6. The Labute approximate surface area is 129 Å². The summed E-state index contributed by atoms with van der Waals surface area (Å²) in [7, 11) is -3.67. The molecule has 0 aliphatic rings. The molecule has 9 heteroatoms. The van der Waals surface area contributed by atoms with E-state index in [0.717, 1.165) is 12.8 Å². The van der Waals surface area contributed by atoms with Gasteiger partial charge in [0.15, 0.2) is 0 Å². The van der Waals surface area contributed by atoms with Gasteiger partial charge in [0.25, 0.3) is 10.1 Å². The van der Waals surface area contributed by atoms with Gasteiger partial charge in [-0.05, 0) is 39.0 Å². The average Bonchev–Trinajstić information content (AvgIpc) is 2.24. The van der Waals surface area contributed by atoms with Gasteiger partial charge in [-0.1, -0.05) is 18.6 Å². The number of amides is 1. The SMILES string of the molecule is CC(C)=CCCC(C)CCNC(=O)C(F)(F)F.CS(=O)(=O)O. The molecule has 2 N–H and O–H groups in total. The summed E-state index contributed by atoms with van der Waals surface area (Å²) < 4.78 is 61.4. The highest BCUT2D eigenvalue weighted by molar-refractivity contribution is 7.85. The highest BCUT2D eigenvalue weighted by atomic mass is 32.2. The first-order valence-electron chi connectivity index (χ1n) is 6.64. The van der Waals surface area contributed by atoms with E-state index in [4.69, 9.17) is 4.55 Å². The molecule has 0 aromatic carbocycles. The second kappa shape index (κ2) is 10.6. The molecule has 0 saturated heterocycles. The largest absolute Gasteiger partial charge is 0.471 e. The molecular formula is C13H24F3NO4S. The van der Waals surface area contributed by atoms with Crippen molar-refractivity contribution in [1.29, 1.82) is 0 Å². The number of carbonyl (C=O) groups excluding carboxylic acids is 1. The second-order valence-electron chi connectivity index (χ2n) is 5.24. The summed E-state index contributed by atoms with van der Waals surface area (Å²) >= 11 is 0. The van der Waals surface area contributed by atoms with E-state index < -0.39 is 22.2 Å². The molecule has 0 fully saturated rings. The maximum Gasteiger partial charge on any atom is 0.471 e. The van der Waals surface area contributed by atoms with E-state index in [1.54, 1.807) is 0 Å². The van der Waals surface area contributed by atoms with Gasteiger partial charge in [-0.2, -0.15) is 21.6 Å². The Balaban J connectivity index is 0. The lowest BCUT2D eigenvalue weighted by molar-refractivity contribution is -0.173. The van der Waals surface area contributed by atoms with Crippen LogP contribution in [-0.2, 0) is 14.9 Å². The van der Waals surface area contributed by atoms with E-state index in [1.807, 2.05) is 26.1 Å². The van der Waals surface area contributed by atoms with Crippen LogP contribution >= 0.6 is 0 Å². The maximum absolute atomic E-state index is 11.8. The van der Waals surface area contributed by atoms with Crippen LogP contribution in [0.3, 0.4) is 0 Å². The molecule has 0 bridgehead atoms. The zero-order valence-electron chi connectivity index (χ0n) is 13.2. The molecule has 0 spiro atoms. The van der Waals surface area contributed by atoms with E-state index in [2.05, 4.69) is 6.08 Å². The molecule has 0 radical (unpaired) electrons. The molecule has 1 atom stereocenters. The molecule has 1 unspecified atom stereocenters. The minimum absolute atomic E-state index is 0.0777. The van der Waals surface area contributed by atoms with E-state index in [0.29, 0.717) is 18.6 Å². The van der Waals surface area contributed by atoms with Gasteiger partial charge < -0.3 is 5.32 Å². The van der Waals surface area contributed by atoms with Crippen LogP contribution in [0.5, 0.6) is 0 Å². The van der Waals surface area contributed by atoms with Crippen molar-refractivity contribution in [1.82, 2.24) is 5.32 Å². The summed E-state index contributed by atoms with van der Waals surface area (Å²) in [5, 5.41) is 1.87. The van der Waals surface area contributed by atoms with Gasteiger partial charge in [-0.3, -0.25) is 9.35 Å². The molecular weight excluding hydrogens is 323 g/mol. The Bertz CT molecular complexity index is 446. The Morgan fingerprint density at radius 1 is 1.27 bits per heavy atom. The first kappa shape index (κ1) is 23.2. The fourth-order valence-electron chi connectivity index (χ4n) is 1.33. The fraction of sp³-hybridized carbons (Fsp3) is 0.769. The number of carbonyl (C=O) groups is 1. The molecule has 0 aliphatic carbocycles. The molecule has 0 saturated carbocycles. The van der Waals surface area contributed by atoms with Gasteiger partial charge in [-0.15, -0.1) is 0 Å². The Kier molecular flexibility index (Phi) is 11.2. The van der Waals surface area contributed by atoms with Crippen molar-refractivity contribution in [2.24, 2.45) is 5.92 Å². The van der Waals surface area contributed by atoms with Gasteiger partial charge in [0.1, 0.15) is 0 Å². The lowest BCUT2D eigenvalue weighted by atomic mass is 10.0. The van der Waals surface area contributed by atoms with Gasteiger partial charge in [0, 0.05) is 6.54 Å². The standard InChI is InChI=1S/C12H20F3NO.CH4O3S/c1-9(2)5-4-6-10(3)7-8-16-11(17)12(13,14)15;1-5(2,3)4/h5,10H,4,6-8H2,1-3H3,(H,16,17);1H3,(H,2,3,4). The van der Waals surface area contributed by atoms with Crippen LogP contribution in [0.2, 0.25) is 0 Å². The van der Waals surface area contributed by atoms with Crippen LogP contribution < -0.4 is 5.32 Å². The summed E-state index contributed by atoms with van der Waals surface area (Å²) in [5.74, 6) is -1.55. The number of allylic oxidation sites excluding steroid dienone is 2. The third-order valence-electron chi connectivity index (χ3n) is 2.39. The zero-order valence-corrected chi connectivity index (χ0v) is 14.0. The van der Waals surface area contributed by atoms with Crippen molar-refractivity contribution in [3.8, 4) is 0 Å². The summed E-state index contributed by atoms with van der Waals surface area (Å²) in [5.41, 5.74) is 1.24. The number of halogens is 3. The predicted octanol–water partition coefficient (Wildman–Crippen LogP) is 2.94. The topological polar surface area (TPSA) is 83.5 Å². The van der Waals surface area contributed by atoms with E-state index >= 15 is 0 Å². The van der Waals surface area contributed by atoms with Gasteiger partial charge in [0.2, 0.25) is 0 Å². The van der Waals surface area contributed by atoms with Gasteiger partial charge in [0.05, 0.1) is 6.26 Å². The summed E-state index contributed by atoms with van der Waals surface area (Å²) in [6.45, 7) is 6.06. The van der Waals surface area contributed by atoms with Crippen LogP contribution in [0, 0.1) is 5.92 Å². The van der Waals surface area contributed by atoms with Crippen LogP contribution in [0.4, 0.5) is 13.2 Å². The van der Waals surface area contributed by atoms with Crippen molar-refractivity contribution in [3.63, 3.8) is 0 Å². The minimum Gasteiger partial charge on any atom is -0.348 e. The molecule has 0 aromatic heterocycles. The second-order valence-corrected chi connectivity index (χ2v) is 6.71. The Hall–Kier alpha value is -1.09. The fourth-order valence-corrected chi connectivity index (χ4v) is 1.33. The molecule has 132 valence electrons. The van der Waals surface area contributed by atoms with Gasteiger partial charge >= 0.3 is 12.1 Å². The van der Waals surface area contributed by atoms with Crippen molar-refractivity contribution in [3.05, 3.63) is 11.6 Å². The van der Waals surface area contributed by atoms with E-state index in [-0.39, 0.29) is 6.54 Å². The average molecular weight is 347 g/mol. The van der Waals surface area contributed by atoms with Crippen LogP contribution in [0.15, 0.2) is 11.6 Å². The molecule has 5 nitrogen and oxygen atoms in total. The van der Waals surface area contributed by atoms with Crippen molar-refractivity contribution in [2.45, 2.75) is 46.2 Å². The van der Waals surface area contributed by atoms with Crippen LogP contribution in [0.1, 0.15) is 40.0 Å². The third-order valence-corrected chi connectivity index (χ3v) is 2.39. The zero-order chi connectivity index (χ0) is 18.0. The molecule has 0 aromatic rings. The first-order chi connectivity index (χ1) is 9.73. The molecule has 22 heavy (non-hydrogen) atoms. The molecule has 0 rings (SSSR count). The highest BCUT2D eigenvalue weighted by Crippen LogP contribution is 2.15. The Morgan fingerprint density at radius 3 is 2.09 bits per heavy atom. The van der Waals surface area contributed by atoms with Crippen LogP contribution in [-0.4, -0.2) is 37.9 Å². The number of hydrogen-bond acceptors (Lipinski definition) is 3. The monoisotopic (exact) mass is 347 g/mol. The van der Waals surface area contributed by atoms with Crippen LogP contribution in [0.25, 0.3) is 0 Å². The Morgan fingerprint density at radius 2 is 1.73 bits per heavy atom. The van der Waals surface area contributed by atoms with Gasteiger partial charge in [-0.25, -0.2) is 0 Å². The normalized spacial score (nSPS) is 12.7. The summed E-state index contributed by atoms with van der Waals surface area (Å²) in [6, 6.07) is 0. The molecule has 0 aliphatic heterocycles. The molecule has 1 amide bonds. The third kappa shape index (κ3) is 21.2. The summed E-state index contributed by atoms with van der Waals surface area (Å²) in [4.78, 5) is 10.5. The summed E-state index contributed by atoms with van der Waals surface area (Å²) in [6.07, 6.45) is 0.464. The quantitative estimate of drug-likeness (QED) is 0.572. The number of nitrogens with one attached hydrogen (secondary N) is 1. The molecule has 0 heterocycles. The minimum atomic E-state index is -4.77. The maximum atomic E-state index is 11.8. The van der Waals surface area contributed by atoms with E-state index in [9.17, 15) is 26.4 Å². The van der Waals surface area contributed by atoms with Crippen molar-refractivity contribution < 1.29 is 30.9 Å². The van der Waals surface area contributed by atoms with Crippen molar-refractivity contribution in [2.75, 3.05) is 12.8 Å². The van der Waals surface area contributed by atoms with E-state index in [1.165, 1.54) is 5.57 Å². The highest BCUT2D eigenvalue weighted by Gasteiger charge is 2.38. The predicted molar refractivity (Wildman–Crippen MR) is 79.0 cm³/mol. The smallest absolute Gasteiger partial charge is 0.348 e. The first-order valence-corrected chi connectivity index (χ1v) is 8.49. The number of hydrogen-bond donors (Lipinski definition) is 2.